The summed E-state index contributed by atoms with van der Waals surface area (Å²) < 4.78 is 9.26. The SMILES string of the molecule is CCCNC(c1c(Br)cnn1C(C)C)C(C)(CC)OCC. The molecule has 0 spiro atoms. The molecule has 0 saturated carbocycles. The van der Waals surface area contributed by atoms with Gasteiger partial charge in [-0.15, -0.1) is 0 Å². The summed E-state index contributed by atoms with van der Waals surface area (Å²) in [6.45, 7) is 14.6. The molecule has 0 aliphatic carbocycles. The Labute approximate surface area is 137 Å². The van der Waals surface area contributed by atoms with Crippen molar-refractivity contribution in [2.75, 3.05) is 13.2 Å². The van der Waals surface area contributed by atoms with E-state index in [0.29, 0.717) is 12.6 Å². The van der Waals surface area contributed by atoms with E-state index in [1.54, 1.807) is 0 Å². The van der Waals surface area contributed by atoms with Crippen LogP contribution in [0.4, 0.5) is 0 Å². The van der Waals surface area contributed by atoms with Crippen molar-refractivity contribution in [3.05, 3.63) is 16.4 Å². The lowest BCUT2D eigenvalue weighted by Crippen LogP contribution is -2.45. The Bertz CT molecular complexity index is 433. The molecular formula is C16H30BrN3O. The van der Waals surface area contributed by atoms with Crippen LogP contribution in [0, 0.1) is 0 Å². The third-order valence-corrected chi connectivity index (χ3v) is 4.55. The molecule has 0 bridgehead atoms. The summed E-state index contributed by atoms with van der Waals surface area (Å²) in [7, 11) is 0. The van der Waals surface area contributed by atoms with Crippen molar-refractivity contribution in [3.63, 3.8) is 0 Å². The van der Waals surface area contributed by atoms with Crippen LogP contribution >= 0.6 is 15.9 Å². The third kappa shape index (κ3) is 4.30. The van der Waals surface area contributed by atoms with Crippen LogP contribution in [0.5, 0.6) is 0 Å². The van der Waals surface area contributed by atoms with Gasteiger partial charge in [-0.25, -0.2) is 0 Å². The lowest BCUT2D eigenvalue weighted by atomic mass is 9.90. The summed E-state index contributed by atoms with van der Waals surface area (Å²) in [6.07, 6.45) is 3.92. The highest BCUT2D eigenvalue weighted by Crippen LogP contribution is 2.37. The molecule has 1 aromatic rings. The molecule has 0 radical (unpaired) electrons. The minimum atomic E-state index is -0.251. The summed E-state index contributed by atoms with van der Waals surface area (Å²) in [5, 5.41) is 8.19. The van der Waals surface area contributed by atoms with Gasteiger partial charge in [-0.05, 0) is 63.0 Å². The molecule has 0 saturated heterocycles. The largest absolute Gasteiger partial charge is 0.374 e. The molecule has 1 N–H and O–H groups in total. The molecule has 1 rings (SSSR count). The van der Waals surface area contributed by atoms with Crippen molar-refractivity contribution in [1.29, 1.82) is 0 Å². The standard InChI is InChI=1S/C16H30BrN3O/c1-7-10-18-15(16(6,8-2)21-9-3)14-13(17)11-19-20(14)12(4)5/h11-12,15,18H,7-10H2,1-6H3. The second-order valence-corrected chi connectivity index (χ2v) is 6.76. The van der Waals surface area contributed by atoms with Crippen molar-refractivity contribution >= 4 is 15.9 Å². The highest BCUT2D eigenvalue weighted by Gasteiger charge is 2.37. The first-order valence-corrected chi connectivity index (χ1v) is 8.80. The Balaban J connectivity index is 3.27. The molecule has 1 heterocycles. The monoisotopic (exact) mass is 359 g/mol. The van der Waals surface area contributed by atoms with Gasteiger partial charge in [-0.3, -0.25) is 4.68 Å². The second-order valence-electron chi connectivity index (χ2n) is 5.90. The molecule has 0 aromatic carbocycles. The maximum absolute atomic E-state index is 6.13. The van der Waals surface area contributed by atoms with Crippen LogP contribution in [0.3, 0.4) is 0 Å². The van der Waals surface area contributed by atoms with E-state index >= 15 is 0 Å². The molecule has 0 aliphatic rings. The van der Waals surface area contributed by atoms with Crippen LogP contribution in [0.1, 0.15) is 72.2 Å². The Morgan fingerprint density at radius 1 is 1.38 bits per heavy atom. The molecule has 122 valence electrons. The first-order valence-electron chi connectivity index (χ1n) is 8.01. The van der Waals surface area contributed by atoms with Crippen LogP contribution in [0.25, 0.3) is 0 Å². The van der Waals surface area contributed by atoms with Gasteiger partial charge in [0.15, 0.2) is 0 Å². The van der Waals surface area contributed by atoms with E-state index in [-0.39, 0.29) is 11.6 Å². The van der Waals surface area contributed by atoms with E-state index < -0.39 is 0 Å². The number of aromatic nitrogens is 2. The van der Waals surface area contributed by atoms with E-state index in [1.165, 1.54) is 5.69 Å². The fourth-order valence-electron chi connectivity index (χ4n) is 2.64. The number of rotatable bonds is 9. The zero-order valence-corrected chi connectivity index (χ0v) is 15.8. The molecule has 5 heteroatoms. The smallest absolute Gasteiger partial charge is 0.0861 e. The topological polar surface area (TPSA) is 39.1 Å². The van der Waals surface area contributed by atoms with Gasteiger partial charge in [-0.2, -0.15) is 5.10 Å². The highest BCUT2D eigenvalue weighted by molar-refractivity contribution is 9.10. The highest BCUT2D eigenvalue weighted by atomic mass is 79.9. The maximum Gasteiger partial charge on any atom is 0.0861 e. The molecule has 4 nitrogen and oxygen atoms in total. The zero-order valence-electron chi connectivity index (χ0n) is 14.2. The molecule has 0 fully saturated rings. The van der Waals surface area contributed by atoms with E-state index in [2.05, 4.69) is 72.6 Å². The molecule has 0 aliphatic heterocycles. The average Bonchev–Trinajstić information content (AvgIpc) is 2.82. The van der Waals surface area contributed by atoms with E-state index in [0.717, 1.165) is 23.9 Å². The van der Waals surface area contributed by atoms with Gasteiger partial charge in [0, 0.05) is 12.6 Å². The third-order valence-electron chi connectivity index (χ3n) is 3.93. The van der Waals surface area contributed by atoms with Gasteiger partial charge < -0.3 is 10.1 Å². The van der Waals surface area contributed by atoms with Gasteiger partial charge in [-0.1, -0.05) is 13.8 Å². The number of nitrogens with one attached hydrogen (secondary N) is 1. The zero-order chi connectivity index (χ0) is 16.0. The minimum Gasteiger partial charge on any atom is -0.374 e. The quantitative estimate of drug-likeness (QED) is 0.706. The molecule has 2 unspecified atom stereocenters. The summed E-state index contributed by atoms with van der Waals surface area (Å²) in [5.41, 5.74) is 0.926. The minimum absolute atomic E-state index is 0.113. The maximum atomic E-state index is 6.13. The van der Waals surface area contributed by atoms with E-state index in [4.69, 9.17) is 4.74 Å². The molecule has 2 atom stereocenters. The lowest BCUT2D eigenvalue weighted by molar-refractivity contribution is -0.0585. The number of ether oxygens (including phenoxy) is 1. The summed E-state index contributed by atoms with van der Waals surface area (Å²) in [6, 6.07) is 0.432. The fourth-order valence-corrected chi connectivity index (χ4v) is 3.14. The predicted octanol–water partition coefficient (Wildman–Crippen LogP) is 4.47. The average molecular weight is 360 g/mol. The van der Waals surface area contributed by atoms with Crippen LogP contribution < -0.4 is 5.32 Å². The summed E-state index contributed by atoms with van der Waals surface area (Å²) in [5.74, 6) is 0. The molecule has 1 aromatic heterocycles. The van der Waals surface area contributed by atoms with Gasteiger partial charge in [0.05, 0.1) is 28.0 Å². The van der Waals surface area contributed by atoms with Gasteiger partial charge in [0.1, 0.15) is 0 Å². The number of nitrogens with zero attached hydrogens (tertiary/aromatic N) is 2. The van der Waals surface area contributed by atoms with Crippen LogP contribution in [-0.2, 0) is 4.74 Å². The fraction of sp³-hybridized carbons (Fsp3) is 0.812. The lowest BCUT2D eigenvalue weighted by Gasteiger charge is -2.38. The van der Waals surface area contributed by atoms with Crippen LogP contribution in [0.15, 0.2) is 10.7 Å². The Morgan fingerprint density at radius 2 is 2.05 bits per heavy atom. The number of halogens is 1. The molecule has 0 amide bonds. The summed E-state index contributed by atoms with van der Waals surface area (Å²) >= 11 is 3.67. The normalized spacial score (nSPS) is 16.2. The van der Waals surface area contributed by atoms with Gasteiger partial charge in [0.25, 0.3) is 0 Å². The second kappa shape index (κ2) is 8.30. The number of hydrogen-bond donors (Lipinski definition) is 1. The van der Waals surface area contributed by atoms with Crippen molar-refractivity contribution < 1.29 is 4.74 Å². The summed E-state index contributed by atoms with van der Waals surface area (Å²) in [4.78, 5) is 0. The Kier molecular flexibility index (Phi) is 7.37. The first kappa shape index (κ1) is 18.7. The Hall–Kier alpha value is -0.390. The van der Waals surface area contributed by atoms with Gasteiger partial charge >= 0.3 is 0 Å². The van der Waals surface area contributed by atoms with Crippen molar-refractivity contribution in [2.45, 2.75) is 72.1 Å². The first-order chi connectivity index (χ1) is 9.91. The van der Waals surface area contributed by atoms with E-state index in [9.17, 15) is 0 Å². The Morgan fingerprint density at radius 3 is 2.52 bits per heavy atom. The van der Waals surface area contributed by atoms with Crippen molar-refractivity contribution in [3.8, 4) is 0 Å². The van der Waals surface area contributed by atoms with Crippen LogP contribution in [0.2, 0.25) is 0 Å². The van der Waals surface area contributed by atoms with Crippen molar-refractivity contribution in [1.82, 2.24) is 15.1 Å². The van der Waals surface area contributed by atoms with Crippen LogP contribution in [-0.4, -0.2) is 28.5 Å². The van der Waals surface area contributed by atoms with Crippen molar-refractivity contribution in [2.24, 2.45) is 0 Å². The predicted molar refractivity (Wildman–Crippen MR) is 91.7 cm³/mol. The van der Waals surface area contributed by atoms with E-state index in [1.807, 2.05) is 6.20 Å². The molecular weight excluding hydrogens is 330 g/mol. The molecule has 21 heavy (non-hydrogen) atoms. The van der Waals surface area contributed by atoms with Gasteiger partial charge in [0.2, 0.25) is 0 Å². The number of hydrogen-bond acceptors (Lipinski definition) is 3.